The minimum absolute atomic E-state index is 0.105. The minimum Gasteiger partial charge on any atom is -0.474 e. The van der Waals surface area contributed by atoms with Gasteiger partial charge in [-0.15, -0.1) is 0 Å². The largest absolute Gasteiger partial charge is 0.474 e. The fourth-order valence-corrected chi connectivity index (χ4v) is 2.26. The number of carbonyl (C=O) groups is 1. The van der Waals surface area contributed by atoms with Gasteiger partial charge in [0.2, 0.25) is 0 Å². The molecule has 1 aromatic rings. The van der Waals surface area contributed by atoms with Crippen molar-refractivity contribution in [1.29, 1.82) is 0 Å². The van der Waals surface area contributed by atoms with E-state index in [1.165, 1.54) is 12.1 Å². The van der Waals surface area contributed by atoms with E-state index in [0.717, 1.165) is 19.3 Å². The van der Waals surface area contributed by atoms with Crippen LogP contribution >= 0.6 is 0 Å². The molecular formula is C13H16FNO2. The summed E-state index contributed by atoms with van der Waals surface area (Å²) >= 11 is 0. The average molecular weight is 237 g/mol. The third-order valence-corrected chi connectivity index (χ3v) is 3.25. The molecule has 0 aliphatic heterocycles. The Bertz CT molecular complexity index is 414. The summed E-state index contributed by atoms with van der Waals surface area (Å²) < 4.78 is 19.1. The highest BCUT2D eigenvalue weighted by atomic mass is 19.1. The van der Waals surface area contributed by atoms with Crippen LogP contribution in [0.25, 0.3) is 0 Å². The predicted octanol–water partition coefficient (Wildman–Crippen LogP) is 2.39. The molecule has 0 unspecified atom stereocenters. The molecule has 0 radical (unpaired) electrons. The van der Waals surface area contributed by atoms with E-state index in [2.05, 4.69) is 0 Å². The number of hydrogen-bond acceptors (Lipinski definition) is 2. The Morgan fingerprint density at radius 2 is 1.88 bits per heavy atom. The SMILES string of the molecule is NC(=O)C1(Oc2ccccc2F)CCCCC1. The maximum atomic E-state index is 13.5. The van der Waals surface area contributed by atoms with Crippen molar-refractivity contribution in [3.05, 3.63) is 30.1 Å². The van der Waals surface area contributed by atoms with Crippen LogP contribution in [-0.2, 0) is 4.79 Å². The highest BCUT2D eigenvalue weighted by Crippen LogP contribution is 2.33. The van der Waals surface area contributed by atoms with Crippen LogP contribution in [-0.4, -0.2) is 11.5 Å². The van der Waals surface area contributed by atoms with Crippen molar-refractivity contribution in [3.8, 4) is 5.75 Å². The first kappa shape index (κ1) is 11.9. The second-order valence-electron chi connectivity index (χ2n) is 4.45. The minimum atomic E-state index is -1.03. The van der Waals surface area contributed by atoms with E-state index in [1.54, 1.807) is 12.1 Å². The predicted molar refractivity (Wildman–Crippen MR) is 62.0 cm³/mol. The van der Waals surface area contributed by atoms with E-state index in [4.69, 9.17) is 10.5 Å². The summed E-state index contributed by atoms with van der Waals surface area (Å²) in [5, 5.41) is 0. The molecule has 1 aliphatic carbocycles. The standard InChI is InChI=1S/C13H16FNO2/c14-10-6-2-3-7-11(10)17-13(12(15)16)8-4-1-5-9-13/h2-3,6-7H,1,4-5,8-9H2,(H2,15,16). The van der Waals surface area contributed by atoms with Crippen LogP contribution in [0.1, 0.15) is 32.1 Å². The normalized spacial score (nSPS) is 18.6. The zero-order valence-corrected chi connectivity index (χ0v) is 9.62. The van der Waals surface area contributed by atoms with E-state index >= 15 is 0 Å². The second-order valence-corrected chi connectivity index (χ2v) is 4.45. The van der Waals surface area contributed by atoms with Gasteiger partial charge in [0.1, 0.15) is 0 Å². The van der Waals surface area contributed by atoms with E-state index in [1.807, 2.05) is 0 Å². The van der Waals surface area contributed by atoms with Crippen molar-refractivity contribution in [1.82, 2.24) is 0 Å². The van der Waals surface area contributed by atoms with Crippen molar-refractivity contribution in [2.24, 2.45) is 5.73 Å². The molecule has 2 N–H and O–H groups in total. The van der Waals surface area contributed by atoms with Crippen LogP contribution in [0.3, 0.4) is 0 Å². The van der Waals surface area contributed by atoms with Gasteiger partial charge in [0.05, 0.1) is 0 Å². The Hall–Kier alpha value is -1.58. The van der Waals surface area contributed by atoms with Crippen molar-refractivity contribution in [2.75, 3.05) is 0 Å². The van der Waals surface area contributed by atoms with Gasteiger partial charge in [0.15, 0.2) is 17.2 Å². The van der Waals surface area contributed by atoms with E-state index in [-0.39, 0.29) is 5.75 Å². The van der Waals surface area contributed by atoms with Crippen LogP contribution in [0, 0.1) is 5.82 Å². The molecule has 0 spiro atoms. The van der Waals surface area contributed by atoms with Crippen LogP contribution in [0.2, 0.25) is 0 Å². The van der Waals surface area contributed by atoms with Gasteiger partial charge in [-0.05, 0) is 37.8 Å². The highest BCUT2D eigenvalue weighted by Gasteiger charge is 2.40. The van der Waals surface area contributed by atoms with E-state index in [9.17, 15) is 9.18 Å². The Morgan fingerprint density at radius 3 is 2.47 bits per heavy atom. The van der Waals surface area contributed by atoms with Crippen molar-refractivity contribution in [3.63, 3.8) is 0 Å². The number of ether oxygens (including phenoxy) is 1. The van der Waals surface area contributed by atoms with Crippen LogP contribution in [0.4, 0.5) is 4.39 Å². The summed E-state index contributed by atoms with van der Waals surface area (Å²) in [5.74, 6) is -0.854. The van der Waals surface area contributed by atoms with Gasteiger partial charge in [-0.1, -0.05) is 18.6 Å². The summed E-state index contributed by atoms with van der Waals surface area (Å²) in [6.45, 7) is 0. The smallest absolute Gasteiger partial charge is 0.261 e. The lowest BCUT2D eigenvalue weighted by atomic mass is 9.84. The molecule has 1 amide bonds. The lowest BCUT2D eigenvalue weighted by Gasteiger charge is -2.34. The number of benzene rings is 1. The molecule has 1 aromatic carbocycles. The van der Waals surface area contributed by atoms with Crippen molar-refractivity contribution < 1.29 is 13.9 Å². The molecule has 0 saturated heterocycles. The molecule has 2 rings (SSSR count). The van der Waals surface area contributed by atoms with E-state index < -0.39 is 17.3 Å². The molecule has 1 aliphatic rings. The van der Waals surface area contributed by atoms with Crippen LogP contribution < -0.4 is 10.5 Å². The average Bonchev–Trinajstić information content (AvgIpc) is 2.33. The lowest BCUT2D eigenvalue weighted by molar-refractivity contribution is -0.136. The molecule has 0 heterocycles. The van der Waals surface area contributed by atoms with Crippen LogP contribution in [0.5, 0.6) is 5.75 Å². The summed E-state index contributed by atoms with van der Waals surface area (Å²) in [5.41, 5.74) is 4.39. The van der Waals surface area contributed by atoms with Gasteiger partial charge in [-0.25, -0.2) is 4.39 Å². The number of para-hydroxylation sites is 1. The number of carbonyl (C=O) groups excluding carboxylic acids is 1. The molecule has 17 heavy (non-hydrogen) atoms. The monoisotopic (exact) mass is 237 g/mol. The quantitative estimate of drug-likeness (QED) is 0.877. The fourth-order valence-electron chi connectivity index (χ4n) is 2.26. The van der Waals surface area contributed by atoms with Gasteiger partial charge in [-0.2, -0.15) is 0 Å². The number of rotatable bonds is 3. The molecule has 0 bridgehead atoms. The zero-order chi connectivity index (χ0) is 12.3. The summed E-state index contributed by atoms with van der Waals surface area (Å²) in [4.78, 5) is 11.6. The number of primary amides is 1. The third-order valence-electron chi connectivity index (χ3n) is 3.25. The number of amides is 1. The molecule has 92 valence electrons. The van der Waals surface area contributed by atoms with Gasteiger partial charge in [0.25, 0.3) is 5.91 Å². The van der Waals surface area contributed by atoms with Crippen molar-refractivity contribution in [2.45, 2.75) is 37.7 Å². The maximum Gasteiger partial charge on any atom is 0.261 e. The Morgan fingerprint density at radius 1 is 1.24 bits per heavy atom. The van der Waals surface area contributed by atoms with E-state index in [0.29, 0.717) is 12.8 Å². The van der Waals surface area contributed by atoms with Crippen molar-refractivity contribution >= 4 is 5.91 Å². The first-order valence-electron chi connectivity index (χ1n) is 5.87. The van der Waals surface area contributed by atoms with Gasteiger partial charge < -0.3 is 10.5 Å². The molecule has 1 fully saturated rings. The summed E-state index contributed by atoms with van der Waals surface area (Å²) in [7, 11) is 0. The number of hydrogen-bond donors (Lipinski definition) is 1. The topological polar surface area (TPSA) is 52.3 Å². The highest BCUT2D eigenvalue weighted by molar-refractivity contribution is 5.84. The fraction of sp³-hybridized carbons (Fsp3) is 0.462. The molecule has 1 saturated carbocycles. The zero-order valence-electron chi connectivity index (χ0n) is 9.62. The summed E-state index contributed by atoms with van der Waals surface area (Å²) in [6.07, 6.45) is 3.97. The lowest BCUT2D eigenvalue weighted by Crippen LogP contribution is -2.50. The Kier molecular flexibility index (Phi) is 3.31. The van der Waals surface area contributed by atoms with Gasteiger partial charge in [0, 0.05) is 0 Å². The first-order chi connectivity index (χ1) is 8.14. The Labute approximate surface area is 99.8 Å². The number of halogens is 1. The summed E-state index contributed by atoms with van der Waals surface area (Å²) in [6, 6.07) is 6.09. The molecule has 0 atom stereocenters. The van der Waals surface area contributed by atoms with Gasteiger partial charge >= 0.3 is 0 Å². The number of nitrogens with two attached hydrogens (primary N) is 1. The molecule has 3 nitrogen and oxygen atoms in total. The second kappa shape index (κ2) is 4.73. The van der Waals surface area contributed by atoms with Gasteiger partial charge in [-0.3, -0.25) is 4.79 Å². The van der Waals surface area contributed by atoms with Crippen LogP contribution in [0.15, 0.2) is 24.3 Å². The first-order valence-corrected chi connectivity index (χ1v) is 5.87. The third kappa shape index (κ3) is 2.40. The molecule has 4 heteroatoms. The molecular weight excluding hydrogens is 221 g/mol. The molecule has 0 aromatic heterocycles. The maximum absolute atomic E-state index is 13.5. The Balaban J connectivity index is 2.24.